The molecule has 1 unspecified atom stereocenters. The van der Waals surface area contributed by atoms with Crippen molar-refractivity contribution in [2.24, 2.45) is 0 Å². The summed E-state index contributed by atoms with van der Waals surface area (Å²) in [6.45, 7) is 0. The maximum absolute atomic E-state index is 4.77. The van der Waals surface area contributed by atoms with Crippen LogP contribution in [0.3, 0.4) is 0 Å². The summed E-state index contributed by atoms with van der Waals surface area (Å²) in [4.78, 5) is 0. The number of hydrogen-bond donors (Lipinski definition) is 1. The van der Waals surface area contributed by atoms with E-state index in [0.29, 0.717) is 6.04 Å². The van der Waals surface area contributed by atoms with Gasteiger partial charge in [-0.3, -0.25) is 0 Å². The predicted octanol–water partition coefficient (Wildman–Crippen LogP) is 6.16. The molecular weight excluding hydrogens is 348 g/mol. The molecule has 2 heterocycles. The average Bonchev–Trinajstić information content (AvgIpc) is 3.21. The fourth-order valence-corrected chi connectivity index (χ4v) is 5.00. The van der Waals surface area contributed by atoms with Gasteiger partial charge in [0.15, 0.2) is 0 Å². The molecule has 0 fully saturated rings. The summed E-state index contributed by atoms with van der Waals surface area (Å²) in [5.74, 6) is 0. The van der Waals surface area contributed by atoms with E-state index in [0.717, 1.165) is 6.42 Å². The third-order valence-electron chi connectivity index (χ3n) is 5.81. The molecule has 2 nitrogen and oxygen atoms in total. The lowest BCUT2D eigenvalue weighted by atomic mass is 9.94. The number of aromatic nitrogens is 1. The third-order valence-corrected chi connectivity index (χ3v) is 6.30. The first-order valence-corrected chi connectivity index (χ1v) is 9.71. The number of thiol groups is 1. The molecule has 0 radical (unpaired) electrons. The molecule has 0 N–H and O–H groups in total. The van der Waals surface area contributed by atoms with Crippen molar-refractivity contribution < 1.29 is 0 Å². The fraction of sp³-hybridized carbons (Fsp3) is 0.0833. The van der Waals surface area contributed by atoms with Crippen LogP contribution in [0.1, 0.15) is 12.0 Å². The average molecular weight is 366 g/mol. The standard InChI is InChI=1S/C24H18N2S/c27-26-23-12-6-3-9-19(23)20-15-16(13-14-24(20)26)25-21-10-4-1-7-17(21)18-8-2-5-11-22(18)25/h1-13,15,24,27H,14H2. The van der Waals surface area contributed by atoms with Crippen LogP contribution >= 0.6 is 12.8 Å². The summed E-state index contributed by atoms with van der Waals surface area (Å²) >= 11 is 4.77. The molecule has 27 heavy (non-hydrogen) atoms. The lowest BCUT2D eigenvalue weighted by Crippen LogP contribution is -2.23. The maximum Gasteiger partial charge on any atom is 0.0696 e. The van der Waals surface area contributed by atoms with Gasteiger partial charge < -0.3 is 8.87 Å². The molecule has 0 bridgehead atoms. The van der Waals surface area contributed by atoms with Crippen LogP contribution in [0, 0.1) is 0 Å². The molecule has 1 aliphatic carbocycles. The van der Waals surface area contributed by atoms with Gasteiger partial charge in [-0.1, -0.05) is 73.5 Å². The summed E-state index contributed by atoms with van der Waals surface area (Å²) in [7, 11) is 0. The maximum atomic E-state index is 4.77. The zero-order valence-electron chi connectivity index (χ0n) is 14.7. The van der Waals surface area contributed by atoms with Crippen LogP contribution in [-0.2, 0) is 0 Å². The Balaban J connectivity index is 1.61. The molecular formula is C24H18N2S. The van der Waals surface area contributed by atoms with E-state index >= 15 is 0 Å². The fourth-order valence-electron chi connectivity index (χ4n) is 4.60. The summed E-state index contributed by atoms with van der Waals surface area (Å²) in [6.07, 6.45) is 5.66. The van der Waals surface area contributed by atoms with E-state index in [1.807, 2.05) is 0 Å². The first-order valence-electron chi connectivity index (χ1n) is 9.31. The molecule has 1 aromatic heterocycles. The van der Waals surface area contributed by atoms with Gasteiger partial charge in [0.05, 0.1) is 22.8 Å². The van der Waals surface area contributed by atoms with E-state index in [2.05, 4.69) is 93.8 Å². The van der Waals surface area contributed by atoms with Crippen molar-refractivity contribution in [1.82, 2.24) is 4.57 Å². The Kier molecular flexibility index (Phi) is 3.12. The van der Waals surface area contributed by atoms with Crippen LogP contribution in [0.2, 0.25) is 0 Å². The smallest absolute Gasteiger partial charge is 0.0696 e. The van der Waals surface area contributed by atoms with Crippen molar-refractivity contribution in [3.05, 3.63) is 90.5 Å². The SMILES string of the molecule is SN1c2ccccc2C2=CC(n3c4ccccc4c4ccccc43)=CCC21. The molecule has 0 spiro atoms. The van der Waals surface area contributed by atoms with Crippen LogP contribution in [0.5, 0.6) is 0 Å². The van der Waals surface area contributed by atoms with Gasteiger partial charge in [0.2, 0.25) is 0 Å². The van der Waals surface area contributed by atoms with E-state index in [1.165, 1.54) is 44.3 Å². The van der Waals surface area contributed by atoms with Gasteiger partial charge >= 0.3 is 0 Å². The molecule has 2 aliphatic rings. The highest BCUT2D eigenvalue weighted by molar-refractivity contribution is 7.81. The lowest BCUT2D eigenvalue weighted by molar-refractivity contribution is 0.874. The third kappa shape index (κ3) is 2.03. The Morgan fingerprint density at radius 2 is 1.41 bits per heavy atom. The van der Waals surface area contributed by atoms with Crippen molar-refractivity contribution in [3.8, 4) is 0 Å². The Labute approximate surface area is 163 Å². The number of anilines is 1. The topological polar surface area (TPSA) is 8.17 Å². The molecule has 130 valence electrons. The zero-order chi connectivity index (χ0) is 18.0. The van der Waals surface area contributed by atoms with Crippen LogP contribution in [0.25, 0.3) is 33.1 Å². The second-order valence-electron chi connectivity index (χ2n) is 7.21. The molecule has 0 amide bonds. The van der Waals surface area contributed by atoms with Gasteiger partial charge in [-0.25, -0.2) is 0 Å². The Hall–Kier alpha value is -2.91. The van der Waals surface area contributed by atoms with Crippen molar-refractivity contribution in [1.29, 1.82) is 0 Å². The first-order chi connectivity index (χ1) is 13.3. The molecule has 0 saturated carbocycles. The molecule has 0 saturated heterocycles. The second-order valence-corrected chi connectivity index (χ2v) is 7.64. The van der Waals surface area contributed by atoms with Gasteiger partial charge in [-0.2, -0.15) is 0 Å². The number of allylic oxidation sites excluding steroid dienone is 2. The van der Waals surface area contributed by atoms with Crippen LogP contribution in [0.4, 0.5) is 5.69 Å². The van der Waals surface area contributed by atoms with E-state index in [-0.39, 0.29) is 0 Å². The number of benzene rings is 3. The molecule has 3 heteroatoms. The van der Waals surface area contributed by atoms with Crippen LogP contribution in [0.15, 0.2) is 84.9 Å². The molecule has 6 rings (SSSR count). The Morgan fingerprint density at radius 1 is 0.778 bits per heavy atom. The van der Waals surface area contributed by atoms with Gasteiger partial charge in [0.1, 0.15) is 0 Å². The zero-order valence-corrected chi connectivity index (χ0v) is 15.6. The molecule has 3 aromatic carbocycles. The van der Waals surface area contributed by atoms with Gasteiger partial charge in [-0.15, -0.1) is 0 Å². The summed E-state index contributed by atoms with van der Waals surface area (Å²) < 4.78 is 4.51. The van der Waals surface area contributed by atoms with E-state index in [1.54, 1.807) is 0 Å². The number of nitrogens with zero attached hydrogens (tertiary/aromatic N) is 2. The first kappa shape index (κ1) is 15.2. The quantitative estimate of drug-likeness (QED) is 0.397. The monoisotopic (exact) mass is 366 g/mol. The Morgan fingerprint density at radius 3 is 2.15 bits per heavy atom. The van der Waals surface area contributed by atoms with Gasteiger partial charge in [0.25, 0.3) is 0 Å². The van der Waals surface area contributed by atoms with Crippen molar-refractivity contribution in [2.45, 2.75) is 12.5 Å². The van der Waals surface area contributed by atoms with E-state index < -0.39 is 0 Å². The van der Waals surface area contributed by atoms with Crippen molar-refractivity contribution in [2.75, 3.05) is 4.31 Å². The lowest BCUT2D eigenvalue weighted by Gasteiger charge is -2.24. The summed E-state index contributed by atoms with van der Waals surface area (Å²) in [6, 6.07) is 26.2. The summed E-state index contributed by atoms with van der Waals surface area (Å²) in [5, 5.41) is 2.61. The highest BCUT2D eigenvalue weighted by Gasteiger charge is 2.33. The minimum atomic E-state index is 0.308. The number of para-hydroxylation sites is 3. The predicted molar refractivity (Wildman–Crippen MR) is 118 cm³/mol. The highest BCUT2D eigenvalue weighted by atomic mass is 32.1. The van der Waals surface area contributed by atoms with Gasteiger partial charge in [-0.05, 0) is 36.3 Å². The highest BCUT2D eigenvalue weighted by Crippen LogP contribution is 2.46. The van der Waals surface area contributed by atoms with Crippen LogP contribution < -0.4 is 4.31 Å². The number of hydrogen-bond acceptors (Lipinski definition) is 2. The normalized spacial score (nSPS) is 18.4. The number of fused-ring (bicyclic) bond motifs is 6. The van der Waals surface area contributed by atoms with E-state index in [4.69, 9.17) is 12.8 Å². The summed E-state index contributed by atoms with van der Waals surface area (Å²) in [5.41, 5.74) is 7.62. The molecule has 4 aromatic rings. The van der Waals surface area contributed by atoms with Crippen LogP contribution in [-0.4, -0.2) is 10.6 Å². The minimum Gasteiger partial charge on any atom is -0.310 e. The molecule has 1 atom stereocenters. The minimum absolute atomic E-state index is 0.308. The van der Waals surface area contributed by atoms with Gasteiger partial charge in [0, 0.05) is 22.0 Å². The molecule has 1 aliphatic heterocycles. The Bertz CT molecular complexity index is 1220. The van der Waals surface area contributed by atoms with E-state index in [9.17, 15) is 0 Å². The van der Waals surface area contributed by atoms with Crippen molar-refractivity contribution >= 4 is 51.6 Å². The number of rotatable bonds is 1. The largest absolute Gasteiger partial charge is 0.310 e. The van der Waals surface area contributed by atoms with Crippen molar-refractivity contribution in [3.63, 3.8) is 0 Å². The second kappa shape index (κ2) is 5.54.